The van der Waals surface area contributed by atoms with Gasteiger partial charge in [0.2, 0.25) is 0 Å². The van der Waals surface area contributed by atoms with Gasteiger partial charge in [-0.1, -0.05) is 18.2 Å². The molecule has 4 rings (SSSR count). The lowest BCUT2D eigenvalue weighted by atomic mass is 9.98. The van der Waals surface area contributed by atoms with Gasteiger partial charge in [0.1, 0.15) is 11.6 Å². The first-order valence-corrected chi connectivity index (χ1v) is 9.33. The van der Waals surface area contributed by atoms with Gasteiger partial charge in [-0.2, -0.15) is 5.26 Å². The Morgan fingerprint density at radius 1 is 1.26 bits per heavy atom. The summed E-state index contributed by atoms with van der Waals surface area (Å²) in [5.41, 5.74) is 2.51. The molecule has 0 spiro atoms. The molecular formula is C22H22N4O. The molecule has 0 aliphatic carbocycles. The Hall–Kier alpha value is -3.13. The maximum Gasteiger partial charge on any atom is 0.130 e. The van der Waals surface area contributed by atoms with Crippen LogP contribution in [0.3, 0.4) is 0 Å². The molecule has 0 bridgehead atoms. The van der Waals surface area contributed by atoms with Crippen molar-refractivity contribution in [1.82, 2.24) is 9.97 Å². The fourth-order valence-electron chi connectivity index (χ4n) is 3.65. The highest BCUT2D eigenvalue weighted by Gasteiger charge is 2.22. The molecule has 0 saturated carbocycles. The molecule has 5 nitrogen and oxygen atoms in total. The zero-order valence-electron chi connectivity index (χ0n) is 15.4. The van der Waals surface area contributed by atoms with E-state index in [4.69, 9.17) is 9.72 Å². The predicted molar refractivity (Wildman–Crippen MR) is 106 cm³/mol. The standard InChI is InChI=1S/C22H22N4O/c1-16-11-19(8-9-24-16)27-15-17-5-4-10-26(14-17)22-12-18(13-23)20-6-2-3-7-21(20)25-22/h2-3,6-9,11-12,17H,4-5,10,14-15H2,1H3. The number of benzene rings is 1. The van der Waals surface area contributed by atoms with E-state index >= 15 is 0 Å². The van der Waals surface area contributed by atoms with Crippen LogP contribution in [0.15, 0.2) is 48.7 Å². The molecule has 3 aromatic rings. The number of pyridine rings is 2. The van der Waals surface area contributed by atoms with E-state index in [0.717, 1.165) is 54.1 Å². The van der Waals surface area contributed by atoms with Crippen LogP contribution in [-0.2, 0) is 0 Å². The summed E-state index contributed by atoms with van der Waals surface area (Å²) in [7, 11) is 0. The number of hydrogen-bond donors (Lipinski definition) is 0. The van der Waals surface area contributed by atoms with Gasteiger partial charge in [-0.05, 0) is 38.0 Å². The molecular weight excluding hydrogens is 336 g/mol. The normalized spacial score (nSPS) is 16.9. The number of hydrogen-bond acceptors (Lipinski definition) is 5. The third kappa shape index (κ3) is 3.85. The number of fused-ring (bicyclic) bond motifs is 1. The number of rotatable bonds is 4. The van der Waals surface area contributed by atoms with E-state index in [1.54, 1.807) is 6.20 Å². The second-order valence-electron chi connectivity index (χ2n) is 7.06. The number of piperidine rings is 1. The minimum absolute atomic E-state index is 0.436. The van der Waals surface area contributed by atoms with Crippen molar-refractivity contribution < 1.29 is 4.74 Å². The SMILES string of the molecule is Cc1cc(OCC2CCCN(c3cc(C#N)c4ccccc4n3)C2)ccn1. The van der Waals surface area contributed by atoms with Crippen molar-refractivity contribution in [1.29, 1.82) is 5.26 Å². The van der Waals surface area contributed by atoms with E-state index in [0.29, 0.717) is 18.1 Å². The van der Waals surface area contributed by atoms with Crippen LogP contribution in [0.5, 0.6) is 5.75 Å². The van der Waals surface area contributed by atoms with E-state index in [9.17, 15) is 5.26 Å². The van der Waals surface area contributed by atoms with Crippen LogP contribution in [0.2, 0.25) is 0 Å². The van der Waals surface area contributed by atoms with Crippen molar-refractivity contribution >= 4 is 16.7 Å². The number of anilines is 1. The Labute approximate surface area is 159 Å². The van der Waals surface area contributed by atoms with Gasteiger partial charge in [-0.25, -0.2) is 4.98 Å². The van der Waals surface area contributed by atoms with Crippen molar-refractivity contribution in [2.75, 3.05) is 24.6 Å². The average Bonchev–Trinajstić information content (AvgIpc) is 2.71. The highest BCUT2D eigenvalue weighted by molar-refractivity contribution is 5.86. The van der Waals surface area contributed by atoms with Gasteiger partial charge in [0, 0.05) is 42.4 Å². The van der Waals surface area contributed by atoms with Crippen LogP contribution in [0.25, 0.3) is 10.9 Å². The number of aryl methyl sites for hydroxylation is 1. The highest BCUT2D eigenvalue weighted by atomic mass is 16.5. The Kier molecular flexibility index (Phi) is 4.88. The molecule has 0 radical (unpaired) electrons. The third-order valence-corrected chi connectivity index (χ3v) is 5.02. The molecule has 1 aliphatic heterocycles. The lowest BCUT2D eigenvalue weighted by molar-refractivity contribution is 0.228. The van der Waals surface area contributed by atoms with Gasteiger partial charge in [0.05, 0.1) is 23.8 Å². The summed E-state index contributed by atoms with van der Waals surface area (Å²) in [5.74, 6) is 2.19. The fraction of sp³-hybridized carbons (Fsp3) is 0.318. The summed E-state index contributed by atoms with van der Waals surface area (Å²) >= 11 is 0. The van der Waals surface area contributed by atoms with Crippen LogP contribution < -0.4 is 9.64 Å². The van der Waals surface area contributed by atoms with Gasteiger partial charge in [-0.3, -0.25) is 4.98 Å². The average molecular weight is 358 g/mol. The van der Waals surface area contributed by atoms with E-state index < -0.39 is 0 Å². The van der Waals surface area contributed by atoms with Gasteiger partial charge in [0.15, 0.2) is 0 Å². The second kappa shape index (κ2) is 7.63. The number of ether oxygens (including phenoxy) is 1. The molecule has 0 N–H and O–H groups in total. The van der Waals surface area contributed by atoms with Crippen molar-refractivity contribution in [3.8, 4) is 11.8 Å². The predicted octanol–water partition coefficient (Wildman–Crippen LogP) is 4.11. The maximum atomic E-state index is 9.52. The highest BCUT2D eigenvalue weighted by Crippen LogP contribution is 2.27. The lowest BCUT2D eigenvalue weighted by Crippen LogP contribution is -2.38. The van der Waals surface area contributed by atoms with Crippen LogP contribution in [0.4, 0.5) is 5.82 Å². The topological polar surface area (TPSA) is 62.0 Å². The van der Waals surface area contributed by atoms with Gasteiger partial charge >= 0.3 is 0 Å². The van der Waals surface area contributed by atoms with Crippen LogP contribution in [-0.4, -0.2) is 29.7 Å². The molecule has 5 heteroatoms. The molecule has 1 aliphatic rings. The van der Waals surface area contributed by atoms with Crippen molar-refractivity contribution in [3.63, 3.8) is 0 Å². The van der Waals surface area contributed by atoms with Crippen LogP contribution >= 0.6 is 0 Å². The van der Waals surface area contributed by atoms with E-state index in [-0.39, 0.29) is 0 Å². The Morgan fingerprint density at radius 2 is 2.15 bits per heavy atom. The lowest BCUT2D eigenvalue weighted by Gasteiger charge is -2.33. The largest absolute Gasteiger partial charge is 0.493 e. The minimum Gasteiger partial charge on any atom is -0.493 e. The summed E-state index contributed by atoms with van der Waals surface area (Å²) in [6.45, 7) is 4.49. The van der Waals surface area contributed by atoms with Crippen molar-refractivity contribution in [2.45, 2.75) is 19.8 Å². The summed E-state index contributed by atoms with van der Waals surface area (Å²) in [5, 5.41) is 10.4. The molecule has 1 aromatic carbocycles. The summed E-state index contributed by atoms with van der Waals surface area (Å²) in [6.07, 6.45) is 4.01. The number of nitriles is 1. The molecule has 1 unspecified atom stereocenters. The molecule has 3 heterocycles. The van der Waals surface area contributed by atoms with E-state index in [1.807, 2.05) is 49.4 Å². The zero-order chi connectivity index (χ0) is 18.6. The molecule has 1 atom stereocenters. The quantitative estimate of drug-likeness (QED) is 0.702. The second-order valence-corrected chi connectivity index (χ2v) is 7.06. The Morgan fingerprint density at radius 3 is 3.00 bits per heavy atom. The van der Waals surface area contributed by atoms with Crippen molar-refractivity contribution in [2.24, 2.45) is 5.92 Å². The molecule has 0 amide bonds. The monoisotopic (exact) mass is 358 g/mol. The third-order valence-electron chi connectivity index (χ3n) is 5.02. The maximum absolute atomic E-state index is 9.52. The number of nitrogens with zero attached hydrogens (tertiary/aromatic N) is 4. The fourth-order valence-corrected chi connectivity index (χ4v) is 3.65. The van der Waals surface area contributed by atoms with Gasteiger partial charge in [-0.15, -0.1) is 0 Å². The first kappa shape index (κ1) is 17.3. The molecule has 2 aromatic heterocycles. The molecule has 136 valence electrons. The van der Waals surface area contributed by atoms with E-state index in [2.05, 4.69) is 16.0 Å². The summed E-state index contributed by atoms with van der Waals surface area (Å²) < 4.78 is 5.99. The Balaban J connectivity index is 1.50. The minimum atomic E-state index is 0.436. The molecule has 27 heavy (non-hydrogen) atoms. The van der Waals surface area contributed by atoms with Crippen molar-refractivity contribution in [3.05, 3.63) is 59.9 Å². The summed E-state index contributed by atoms with van der Waals surface area (Å²) in [4.78, 5) is 11.3. The first-order chi connectivity index (χ1) is 13.2. The smallest absolute Gasteiger partial charge is 0.130 e. The Bertz CT molecular complexity index is 995. The summed E-state index contributed by atoms with van der Waals surface area (Å²) in [6, 6.07) is 15.9. The zero-order valence-corrected chi connectivity index (χ0v) is 15.4. The molecule has 1 saturated heterocycles. The van der Waals surface area contributed by atoms with Gasteiger partial charge in [0.25, 0.3) is 0 Å². The van der Waals surface area contributed by atoms with Crippen LogP contribution in [0, 0.1) is 24.2 Å². The van der Waals surface area contributed by atoms with Crippen LogP contribution in [0.1, 0.15) is 24.1 Å². The first-order valence-electron chi connectivity index (χ1n) is 9.33. The molecule has 1 fully saturated rings. The number of para-hydroxylation sites is 1. The van der Waals surface area contributed by atoms with E-state index in [1.165, 1.54) is 0 Å². The van der Waals surface area contributed by atoms with Gasteiger partial charge < -0.3 is 9.64 Å². The number of aromatic nitrogens is 2.